The van der Waals surface area contributed by atoms with Gasteiger partial charge in [0.25, 0.3) is 15.7 Å². The molecule has 0 radical (unpaired) electrons. The van der Waals surface area contributed by atoms with E-state index < -0.39 is 21.0 Å². The van der Waals surface area contributed by atoms with Crippen molar-refractivity contribution < 1.29 is 27.4 Å². The normalized spacial score (nSPS) is 10.9. The Bertz CT molecular complexity index is 1140. The Morgan fingerprint density at radius 1 is 1.14 bits per heavy atom. The summed E-state index contributed by atoms with van der Waals surface area (Å²) in [6, 6.07) is 11.7. The number of amides is 1. The fourth-order valence-electron chi connectivity index (χ4n) is 2.21. The first-order valence-corrected chi connectivity index (χ1v) is 9.51. The third-order valence-electron chi connectivity index (χ3n) is 3.54. The number of anilines is 2. The summed E-state index contributed by atoms with van der Waals surface area (Å²) < 4.78 is 36.7. The first kappa shape index (κ1) is 19.8. The monoisotopic (exact) mass is 418 g/mol. The number of benzene rings is 2. The van der Waals surface area contributed by atoms with Gasteiger partial charge in [0, 0.05) is 23.9 Å². The molecule has 1 aromatic heterocycles. The van der Waals surface area contributed by atoms with Crippen LogP contribution in [0.4, 0.5) is 22.0 Å². The summed E-state index contributed by atoms with van der Waals surface area (Å²) in [4.78, 5) is 21.9. The lowest BCUT2D eigenvalue weighted by molar-refractivity contribution is -0.384. The minimum Gasteiger partial charge on any atom is -0.410 e. The van der Waals surface area contributed by atoms with Crippen molar-refractivity contribution in [2.24, 2.45) is 0 Å². The van der Waals surface area contributed by atoms with E-state index in [1.165, 1.54) is 54.6 Å². The molecule has 1 amide bonds. The van der Waals surface area contributed by atoms with Crippen molar-refractivity contribution in [3.05, 3.63) is 70.5 Å². The molecule has 29 heavy (non-hydrogen) atoms. The summed E-state index contributed by atoms with van der Waals surface area (Å²) >= 11 is 0. The largest absolute Gasteiger partial charge is 0.417 e. The van der Waals surface area contributed by atoms with Crippen LogP contribution >= 0.6 is 0 Å². The van der Waals surface area contributed by atoms with E-state index in [0.29, 0.717) is 5.76 Å². The van der Waals surface area contributed by atoms with Crippen LogP contribution < -0.4 is 14.8 Å². The lowest BCUT2D eigenvalue weighted by Gasteiger charge is -2.08. The van der Waals surface area contributed by atoms with Crippen LogP contribution in [-0.4, -0.2) is 24.6 Å². The Labute approximate surface area is 164 Å². The number of hydrogen-bond donors (Lipinski definition) is 2. The molecular formula is C17H14N4O7S. The second-order valence-electron chi connectivity index (χ2n) is 5.72. The number of nitro groups is 1. The summed E-state index contributed by atoms with van der Waals surface area (Å²) in [7, 11) is -3.88. The fraction of sp³-hybridized carbons (Fsp3) is 0.0588. The zero-order valence-electron chi connectivity index (χ0n) is 14.9. The number of carbonyl (C=O) groups excluding carboxylic acids is 1. The number of hydrogen-bond acceptors (Lipinski definition) is 8. The Balaban J connectivity index is 1.62. The molecule has 3 rings (SSSR count). The molecular weight excluding hydrogens is 404 g/mol. The second kappa shape index (κ2) is 7.98. The van der Waals surface area contributed by atoms with Gasteiger partial charge in [-0.3, -0.25) is 20.2 Å². The molecule has 1 heterocycles. The predicted molar refractivity (Wildman–Crippen MR) is 101 cm³/mol. The van der Waals surface area contributed by atoms with E-state index in [2.05, 4.69) is 15.2 Å². The van der Waals surface area contributed by atoms with Crippen LogP contribution in [0.15, 0.2) is 64.0 Å². The van der Waals surface area contributed by atoms with Crippen molar-refractivity contribution in [3.63, 3.8) is 0 Å². The van der Waals surface area contributed by atoms with Crippen LogP contribution in [0.5, 0.6) is 5.75 Å². The minimum atomic E-state index is -3.88. The maximum absolute atomic E-state index is 12.3. The number of nitrogens with one attached hydrogen (secondary N) is 2. The van der Waals surface area contributed by atoms with E-state index in [0.717, 1.165) is 0 Å². The maximum atomic E-state index is 12.3. The smallest absolute Gasteiger partial charge is 0.410 e. The van der Waals surface area contributed by atoms with Crippen molar-refractivity contribution in [1.82, 2.24) is 5.16 Å². The third-order valence-corrected chi connectivity index (χ3v) is 4.91. The number of nitro benzene ring substituents is 1. The van der Waals surface area contributed by atoms with Gasteiger partial charge in [0.15, 0.2) is 5.82 Å². The number of rotatable bonds is 6. The lowest BCUT2D eigenvalue weighted by atomic mass is 10.3. The van der Waals surface area contributed by atoms with Gasteiger partial charge in [-0.1, -0.05) is 5.16 Å². The number of aryl methyl sites for hydroxylation is 1. The zero-order chi connectivity index (χ0) is 21.0. The van der Waals surface area contributed by atoms with Gasteiger partial charge >= 0.3 is 6.09 Å². The highest BCUT2D eigenvalue weighted by atomic mass is 32.2. The second-order valence-corrected chi connectivity index (χ2v) is 7.40. The van der Waals surface area contributed by atoms with Gasteiger partial charge in [-0.15, -0.1) is 0 Å². The van der Waals surface area contributed by atoms with E-state index in [-0.39, 0.29) is 27.8 Å². The SMILES string of the molecule is Cc1cc(NS(=O)(=O)c2ccc(NC(=O)Oc3ccc([N+](=O)[O-])cc3)cc2)no1. The molecule has 0 atom stereocenters. The summed E-state index contributed by atoms with van der Waals surface area (Å²) in [6.07, 6.45) is -0.842. The van der Waals surface area contributed by atoms with E-state index in [1.807, 2.05) is 0 Å². The first-order valence-electron chi connectivity index (χ1n) is 8.02. The molecule has 0 aliphatic rings. The molecule has 0 fully saturated rings. The quantitative estimate of drug-likeness (QED) is 0.456. The molecule has 2 N–H and O–H groups in total. The summed E-state index contributed by atoms with van der Waals surface area (Å²) in [5.74, 6) is 0.615. The van der Waals surface area contributed by atoms with E-state index in [9.17, 15) is 23.3 Å². The number of non-ortho nitro benzene ring substituents is 1. The molecule has 2 aromatic carbocycles. The summed E-state index contributed by atoms with van der Waals surface area (Å²) in [6.45, 7) is 1.63. The van der Waals surface area contributed by atoms with Crippen LogP contribution in [0.25, 0.3) is 0 Å². The number of ether oxygens (including phenoxy) is 1. The van der Waals surface area contributed by atoms with Crippen LogP contribution in [0.3, 0.4) is 0 Å². The Morgan fingerprint density at radius 3 is 2.34 bits per heavy atom. The molecule has 0 unspecified atom stereocenters. The molecule has 11 nitrogen and oxygen atoms in total. The van der Waals surface area contributed by atoms with Crippen molar-refractivity contribution in [2.75, 3.05) is 10.0 Å². The number of carbonyl (C=O) groups is 1. The van der Waals surface area contributed by atoms with Crippen LogP contribution in [0, 0.1) is 17.0 Å². The molecule has 0 aliphatic carbocycles. The van der Waals surface area contributed by atoms with Crippen LogP contribution in [0.1, 0.15) is 5.76 Å². The topological polar surface area (TPSA) is 154 Å². The van der Waals surface area contributed by atoms with E-state index >= 15 is 0 Å². The predicted octanol–water partition coefficient (Wildman–Crippen LogP) is 3.30. The van der Waals surface area contributed by atoms with Gasteiger partial charge in [0.05, 0.1) is 9.82 Å². The van der Waals surface area contributed by atoms with Crippen LogP contribution in [-0.2, 0) is 10.0 Å². The standard InChI is InChI=1S/C17H14N4O7S/c1-11-10-16(19-28-11)20-29(25,26)15-8-2-12(3-9-15)18-17(22)27-14-6-4-13(5-7-14)21(23)24/h2-10H,1H3,(H,18,22)(H,19,20). The molecule has 0 bridgehead atoms. The molecule has 0 saturated carbocycles. The highest BCUT2D eigenvalue weighted by molar-refractivity contribution is 7.92. The van der Waals surface area contributed by atoms with E-state index in [4.69, 9.17) is 9.26 Å². The Hall–Kier alpha value is -3.93. The average molecular weight is 418 g/mol. The van der Waals surface area contributed by atoms with Crippen molar-refractivity contribution in [1.29, 1.82) is 0 Å². The van der Waals surface area contributed by atoms with Crippen LogP contribution in [0.2, 0.25) is 0 Å². The van der Waals surface area contributed by atoms with Crippen molar-refractivity contribution in [3.8, 4) is 5.75 Å². The maximum Gasteiger partial charge on any atom is 0.417 e. The zero-order valence-corrected chi connectivity index (χ0v) is 15.7. The van der Waals surface area contributed by atoms with Gasteiger partial charge < -0.3 is 9.26 Å². The fourth-order valence-corrected chi connectivity index (χ4v) is 3.20. The van der Waals surface area contributed by atoms with Gasteiger partial charge in [-0.05, 0) is 43.3 Å². The van der Waals surface area contributed by atoms with Crippen molar-refractivity contribution in [2.45, 2.75) is 11.8 Å². The van der Waals surface area contributed by atoms with Gasteiger partial charge in [-0.2, -0.15) is 0 Å². The van der Waals surface area contributed by atoms with Gasteiger partial charge in [0.2, 0.25) is 0 Å². The average Bonchev–Trinajstić information content (AvgIpc) is 3.06. The van der Waals surface area contributed by atoms with E-state index in [1.54, 1.807) is 6.92 Å². The molecule has 150 valence electrons. The lowest BCUT2D eigenvalue weighted by Crippen LogP contribution is -2.17. The first-order chi connectivity index (χ1) is 13.7. The number of nitrogens with zero attached hydrogens (tertiary/aromatic N) is 2. The van der Waals surface area contributed by atoms with Gasteiger partial charge in [0.1, 0.15) is 11.5 Å². The molecule has 0 aliphatic heterocycles. The highest BCUT2D eigenvalue weighted by Crippen LogP contribution is 2.20. The minimum absolute atomic E-state index is 0.0487. The Kier molecular flexibility index (Phi) is 5.45. The molecule has 0 spiro atoms. The molecule has 0 saturated heterocycles. The van der Waals surface area contributed by atoms with Gasteiger partial charge in [-0.25, -0.2) is 13.2 Å². The molecule has 12 heteroatoms. The third kappa shape index (κ3) is 5.07. The summed E-state index contributed by atoms with van der Waals surface area (Å²) in [5.41, 5.74) is 0.150. The number of aromatic nitrogens is 1. The Morgan fingerprint density at radius 2 is 1.79 bits per heavy atom. The van der Waals surface area contributed by atoms with Crippen molar-refractivity contribution >= 4 is 33.3 Å². The molecule has 3 aromatic rings. The summed E-state index contributed by atoms with van der Waals surface area (Å²) in [5, 5.41) is 16.6. The number of sulfonamides is 1. The highest BCUT2D eigenvalue weighted by Gasteiger charge is 2.16.